The van der Waals surface area contributed by atoms with Gasteiger partial charge in [0.15, 0.2) is 11.6 Å². The Balaban J connectivity index is 2.01. The first kappa shape index (κ1) is 17.0. The highest BCUT2D eigenvalue weighted by Crippen LogP contribution is 2.18. The van der Waals surface area contributed by atoms with Crippen LogP contribution in [-0.4, -0.2) is 19.7 Å². The molecular weight excluding hydrogens is 253 g/mol. The highest BCUT2D eigenvalue weighted by Gasteiger charge is 2.02. The molecule has 2 nitrogen and oxygen atoms in total. The number of hydrogen-bond acceptors (Lipinski definition) is 2. The van der Waals surface area contributed by atoms with E-state index < -0.39 is 0 Å². The molecule has 0 atom stereocenters. The summed E-state index contributed by atoms with van der Waals surface area (Å²) in [6.45, 7) is 9.15. The maximum atomic E-state index is 13.4. The molecule has 0 spiro atoms. The summed E-state index contributed by atoms with van der Waals surface area (Å²) in [5.74, 6) is 0.824. The van der Waals surface area contributed by atoms with Crippen molar-refractivity contribution in [3.8, 4) is 5.75 Å². The summed E-state index contributed by atoms with van der Waals surface area (Å²) in [5, 5.41) is 3.43. The first-order valence-corrected chi connectivity index (χ1v) is 7.69. The zero-order valence-electron chi connectivity index (χ0n) is 13.0. The van der Waals surface area contributed by atoms with Crippen LogP contribution in [-0.2, 0) is 0 Å². The molecule has 0 aliphatic heterocycles. The van der Waals surface area contributed by atoms with Crippen molar-refractivity contribution in [2.75, 3.05) is 19.7 Å². The van der Waals surface area contributed by atoms with Crippen LogP contribution in [0.3, 0.4) is 0 Å². The number of halogens is 1. The van der Waals surface area contributed by atoms with Crippen LogP contribution in [0, 0.1) is 18.7 Å². The van der Waals surface area contributed by atoms with Crippen LogP contribution < -0.4 is 10.1 Å². The molecule has 1 rings (SSSR count). The fourth-order valence-electron chi connectivity index (χ4n) is 2.00. The average molecular weight is 281 g/mol. The van der Waals surface area contributed by atoms with E-state index in [-0.39, 0.29) is 5.82 Å². The van der Waals surface area contributed by atoms with Crippen LogP contribution in [0.4, 0.5) is 4.39 Å². The van der Waals surface area contributed by atoms with Gasteiger partial charge in [0.1, 0.15) is 0 Å². The number of rotatable bonds is 10. The van der Waals surface area contributed by atoms with Gasteiger partial charge in [-0.1, -0.05) is 32.8 Å². The summed E-state index contributed by atoms with van der Waals surface area (Å²) in [7, 11) is 0. The van der Waals surface area contributed by atoms with E-state index in [0.29, 0.717) is 18.3 Å². The van der Waals surface area contributed by atoms with Crippen molar-refractivity contribution in [3.05, 3.63) is 29.6 Å². The largest absolute Gasteiger partial charge is 0.491 e. The average Bonchev–Trinajstić information content (AvgIpc) is 2.40. The van der Waals surface area contributed by atoms with Crippen LogP contribution >= 0.6 is 0 Å². The minimum atomic E-state index is -0.270. The molecule has 20 heavy (non-hydrogen) atoms. The number of nitrogens with one attached hydrogen (secondary N) is 1. The maximum absolute atomic E-state index is 13.4. The van der Waals surface area contributed by atoms with E-state index in [0.717, 1.165) is 31.5 Å². The molecule has 0 radical (unpaired) electrons. The lowest BCUT2D eigenvalue weighted by Gasteiger charge is -2.09. The first-order valence-electron chi connectivity index (χ1n) is 7.69. The lowest BCUT2D eigenvalue weighted by atomic mass is 10.2. The molecule has 3 heteroatoms. The van der Waals surface area contributed by atoms with Crippen LogP contribution in [0.1, 0.15) is 45.1 Å². The second-order valence-corrected chi connectivity index (χ2v) is 5.79. The fraction of sp³-hybridized carbons (Fsp3) is 0.647. The predicted octanol–water partition coefficient (Wildman–Crippen LogP) is 4.32. The minimum Gasteiger partial charge on any atom is -0.491 e. The quantitative estimate of drug-likeness (QED) is 0.645. The van der Waals surface area contributed by atoms with Gasteiger partial charge in [-0.05, 0) is 56.5 Å². The standard InChI is InChI=1S/C17H28FNO/c1-14(2)13-19-10-6-4-5-7-11-20-17-12-15(3)8-9-16(17)18/h8-9,12,14,19H,4-7,10-11,13H2,1-3H3. The number of aryl methyl sites for hydroxylation is 1. The molecule has 0 fully saturated rings. The van der Waals surface area contributed by atoms with Crippen molar-refractivity contribution in [3.63, 3.8) is 0 Å². The van der Waals surface area contributed by atoms with Crippen LogP contribution in [0.15, 0.2) is 18.2 Å². The van der Waals surface area contributed by atoms with Gasteiger partial charge in [0, 0.05) is 0 Å². The summed E-state index contributed by atoms with van der Waals surface area (Å²) < 4.78 is 18.9. The van der Waals surface area contributed by atoms with Crippen molar-refractivity contribution in [2.24, 2.45) is 5.92 Å². The van der Waals surface area contributed by atoms with Gasteiger partial charge in [0.2, 0.25) is 0 Å². The van der Waals surface area contributed by atoms with Gasteiger partial charge in [-0.3, -0.25) is 0 Å². The Hall–Kier alpha value is -1.09. The summed E-state index contributed by atoms with van der Waals surface area (Å²) in [5.41, 5.74) is 1.03. The minimum absolute atomic E-state index is 0.270. The van der Waals surface area contributed by atoms with E-state index >= 15 is 0 Å². The lowest BCUT2D eigenvalue weighted by molar-refractivity contribution is 0.290. The Labute approximate surface area is 122 Å². The van der Waals surface area contributed by atoms with Crippen molar-refractivity contribution < 1.29 is 9.13 Å². The molecule has 0 aliphatic carbocycles. The molecule has 1 N–H and O–H groups in total. The van der Waals surface area contributed by atoms with Gasteiger partial charge in [0.25, 0.3) is 0 Å². The van der Waals surface area contributed by atoms with Gasteiger partial charge in [-0.15, -0.1) is 0 Å². The zero-order chi connectivity index (χ0) is 14.8. The molecule has 0 amide bonds. The second kappa shape index (κ2) is 9.76. The molecule has 0 heterocycles. The Morgan fingerprint density at radius 3 is 2.65 bits per heavy atom. The van der Waals surface area contributed by atoms with Gasteiger partial charge in [-0.2, -0.15) is 0 Å². The van der Waals surface area contributed by atoms with Crippen molar-refractivity contribution in [2.45, 2.75) is 46.5 Å². The monoisotopic (exact) mass is 281 g/mol. The van der Waals surface area contributed by atoms with Crippen LogP contribution in [0.25, 0.3) is 0 Å². The molecule has 0 saturated heterocycles. The third kappa shape index (κ3) is 7.49. The summed E-state index contributed by atoms with van der Waals surface area (Å²) >= 11 is 0. The van der Waals surface area contributed by atoms with Crippen molar-refractivity contribution in [1.29, 1.82) is 0 Å². The molecule has 0 saturated carbocycles. The number of ether oxygens (including phenoxy) is 1. The smallest absolute Gasteiger partial charge is 0.165 e. The number of unbranched alkanes of at least 4 members (excludes halogenated alkanes) is 3. The Kier molecular flexibility index (Phi) is 8.28. The van der Waals surface area contributed by atoms with E-state index in [1.807, 2.05) is 6.92 Å². The topological polar surface area (TPSA) is 21.3 Å². The van der Waals surface area contributed by atoms with E-state index in [4.69, 9.17) is 4.74 Å². The number of hydrogen-bond donors (Lipinski definition) is 1. The third-order valence-electron chi connectivity index (χ3n) is 3.14. The van der Waals surface area contributed by atoms with Crippen LogP contribution in [0.2, 0.25) is 0 Å². The maximum Gasteiger partial charge on any atom is 0.165 e. The van der Waals surface area contributed by atoms with E-state index in [2.05, 4.69) is 19.2 Å². The highest BCUT2D eigenvalue weighted by atomic mass is 19.1. The molecule has 114 valence electrons. The van der Waals surface area contributed by atoms with E-state index in [1.165, 1.54) is 18.9 Å². The Morgan fingerprint density at radius 2 is 1.90 bits per heavy atom. The Bertz CT molecular complexity index is 379. The summed E-state index contributed by atoms with van der Waals surface area (Å²) in [6.07, 6.45) is 4.52. The predicted molar refractivity (Wildman–Crippen MR) is 82.8 cm³/mol. The third-order valence-corrected chi connectivity index (χ3v) is 3.14. The molecule has 0 unspecified atom stereocenters. The molecule has 0 bridgehead atoms. The van der Waals surface area contributed by atoms with Gasteiger partial charge >= 0.3 is 0 Å². The SMILES string of the molecule is Cc1ccc(F)c(OCCCCCCNCC(C)C)c1. The molecule has 1 aromatic rings. The Morgan fingerprint density at radius 1 is 1.15 bits per heavy atom. The molecule has 1 aromatic carbocycles. The van der Waals surface area contributed by atoms with Crippen molar-refractivity contribution >= 4 is 0 Å². The van der Waals surface area contributed by atoms with Gasteiger partial charge in [0.05, 0.1) is 6.61 Å². The fourth-order valence-corrected chi connectivity index (χ4v) is 2.00. The van der Waals surface area contributed by atoms with Crippen LogP contribution in [0.5, 0.6) is 5.75 Å². The highest BCUT2D eigenvalue weighted by molar-refractivity contribution is 5.29. The van der Waals surface area contributed by atoms with E-state index in [9.17, 15) is 4.39 Å². The summed E-state index contributed by atoms with van der Waals surface area (Å²) in [6, 6.07) is 4.97. The van der Waals surface area contributed by atoms with E-state index in [1.54, 1.807) is 12.1 Å². The second-order valence-electron chi connectivity index (χ2n) is 5.79. The van der Waals surface area contributed by atoms with Gasteiger partial charge < -0.3 is 10.1 Å². The lowest BCUT2D eigenvalue weighted by Crippen LogP contribution is -2.20. The molecule has 0 aliphatic rings. The summed E-state index contributed by atoms with van der Waals surface area (Å²) in [4.78, 5) is 0. The molecule has 0 aromatic heterocycles. The number of benzene rings is 1. The first-order chi connectivity index (χ1) is 9.59. The van der Waals surface area contributed by atoms with Crippen molar-refractivity contribution in [1.82, 2.24) is 5.32 Å². The zero-order valence-corrected chi connectivity index (χ0v) is 13.0. The molecular formula is C17H28FNO. The van der Waals surface area contributed by atoms with Gasteiger partial charge in [-0.25, -0.2) is 4.39 Å². The normalized spacial score (nSPS) is 11.1.